The van der Waals surface area contributed by atoms with E-state index in [9.17, 15) is 8.42 Å². The van der Waals surface area contributed by atoms with Crippen LogP contribution in [-0.4, -0.2) is 15.5 Å². The molecule has 0 unspecified atom stereocenters. The highest BCUT2D eigenvalue weighted by Gasteiger charge is 2.15. The smallest absolute Gasteiger partial charge is 0.261 e. The van der Waals surface area contributed by atoms with Crippen LogP contribution in [0.4, 0.5) is 5.69 Å². The molecule has 0 bridgehead atoms. The van der Waals surface area contributed by atoms with Crippen LogP contribution in [0.25, 0.3) is 0 Å². The van der Waals surface area contributed by atoms with Crippen LogP contribution in [0.1, 0.15) is 11.1 Å². The lowest BCUT2D eigenvalue weighted by Gasteiger charge is -2.11. The number of methoxy groups -OCH3 is 1. The van der Waals surface area contributed by atoms with Crippen molar-refractivity contribution < 1.29 is 13.2 Å². The second-order valence-corrected chi connectivity index (χ2v) is 6.28. The highest BCUT2D eigenvalue weighted by Crippen LogP contribution is 2.22. The normalized spacial score (nSPS) is 11.2. The van der Waals surface area contributed by atoms with Crippen LogP contribution >= 0.6 is 0 Å². The van der Waals surface area contributed by atoms with E-state index >= 15 is 0 Å². The minimum atomic E-state index is -3.58. The Bertz CT molecular complexity index is 706. The molecular formula is C15H17NO3S. The third-order valence-corrected chi connectivity index (χ3v) is 4.39. The summed E-state index contributed by atoms with van der Waals surface area (Å²) in [6.07, 6.45) is 0. The monoisotopic (exact) mass is 291 g/mol. The largest absolute Gasteiger partial charge is 0.497 e. The predicted octanol–water partition coefficient (Wildman–Crippen LogP) is 3.11. The molecule has 20 heavy (non-hydrogen) atoms. The van der Waals surface area contributed by atoms with Gasteiger partial charge in [0.1, 0.15) is 5.75 Å². The molecule has 0 amide bonds. The van der Waals surface area contributed by atoms with E-state index in [0.717, 1.165) is 11.1 Å². The Labute approximate surface area is 119 Å². The third-order valence-electron chi connectivity index (χ3n) is 3.01. The third kappa shape index (κ3) is 3.11. The van der Waals surface area contributed by atoms with Crippen molar-refractivity contribution in [1.29, 1.82) is 0 Å². The number of benzene rings is 2. The van der Waals surface area contributed by atoms with Crippen molar-refractivity contribution in [3.05, 3.63) is 53.6 Å². The van der Waals surface area contributed by atoms with Crippen LogP contribution in [0.15, 0.2) is 47.4 Å². The fourth-order valence-corrected chi connectivity index (χ4v) is 2.93. The molecule has 4 nitrogen and oxygen atoms in total. The van der Waals surface area contributed by atoms with Gasteiger partial charge in [-0.1, -0.05) is 12.1 Å². The molecule has 0 spiro atoms. The summed E-state index contributed by atoms with van der Waals surface area (Å²) >= 11 is 0. The van der Waals surface area contributed by atoms with Crippen molar-refractivity contribution in [2.75, 3.05) is 11.8 Å². The fraction of sp³-hybridized carbons (Fsp3) is 0.200. The Kier molecular flexibility index (Phi) is 3.99. The van der Waals surface area contributed by atoms with Crippen molar-refractivity contribution >= 4 is 15.7 Å². The molecule has 0 fully saturated rings. The van der Waals surface area contributed by atoms with Crippen molar-refractivity contribution in [3.63, 3.8) is 0 Å². The zero-order valence-electron chi connectivity index (χ0n) is 11.7. The van der Waals surface area contributed by atoms with Crippen LogP contribution < -0.4 is 9.46 Å². The summed E-state index contributed by atoms with van der Waals surface area (Å²) in [5, 5.41) is 0. The first-order chi connectivity index (χ1) is 9.42. The topological polar surface area (TPSA) is 55.4 Å². The number of hydrogen-bond acceptors (Lipinski definition) is 3. The maximum absolute atomic E-state index is 12.3. The molecule has 0 saturated heterocycles. The molecule has 2 aromatic rings. The van der Waals surface area contributed by atoms with Crippen LogP contribution in [0.3, 0.4) is 0 Å². The summed E-state index contributed by atoms with van der Waals surface area (Å²) in [5.74, 6) is 0.621. The average molecular weight is 291 g/mol. The molecule has 2 aromatic carbocycles. The van der Waals surface area contributed by atoms with Gasteiger partial charge in [0.2, 0.25) is 0 Å². The van der Waals surface area contributed by atoms with Gasteiger partial charge in [0.25, 0.3) is 10.0 Å². The number of hydrogen-bond donors (Lipinski definition) is 1. The maximum Gasteiger partial charge on any atom is 0.261 e. The number of rotatable bonds is 4. The van der Waals surface area contributed by atoms with Gasteiger partial charge in [-0.15, -0.1) is 0 Å². The van der Waals surface area contributed by atoms with Crippen molar-refractivity contribution in [2.24, 2.45) is 0 Å². The number of aryl methyl sites for hydroxylation is 2. The molecule has 0 heterocycles. The van der Waals surface area contributed by atoms with Gasteiger partial charge in [-0.3, -0.25) is 4.72 Å². The van der Waals surface area contributed by atoms with E-state index in [1.165, 1.54) is 19.2 Å². The Balaban J connectivity index is 2.32. The van der Waals surface area contributed by atoms with Crippen molar-refractivity contribution in [3.8, 4) is 5.75 Å². The summed E-state index contributed by atoms with van der Waals surface area (Å²) in [6.45, 7) is 3.79. The summed E-state index contributed by atoms with van der Waals surface area (Å²) in [7, 11) is -2.04. The average Bonchev–Trinajstić information content (AvgIpc) is 2.43. The van der Waals surface area contributed by atoms with E-state index in [1.807, 2.05) is 32.0 Å². The quantitative estimate of drug-likeness (QED) is 0.941. The maximum atomic E-state index is 12.3. The Hall–Kier alpha value is -2.01. The number of anilines is 1. The van der Waals surface area contributed by atoms with E-state index in [1.54, 1.807) is 12.1 Å². The van der Waals surface area contributed by atoms with Crippen molar-refractivity contribution in [2.45, 2.75) is 18.7 Å². The van der Waals surface area contributed by atoms with Gasteiger partial charge in [0, 0.05) is 0 Å². The van der Waals surface area contributed by atoms with Gasteiger partial charge in [0.05, 0.1) is 17.7 Å². The fourth-order valence-electron chi connectivity index (χ4n) is 1.80. The van der Waals surface area contributed by atoms with E-state index in [2.05, 4.69) is 4.72 Å². The lowest BCUT2D eigenvalue weighted by molar-refractivity contribution is 0.414. The van der Waals surface area contributed by atoms with Gasteiger partial charge in [-0.2, -0.15) is 0 Å². The minimum absolute atomic E-state index is 0.208. The van der Waals surface area contributed by atoms with E-state index in [4.69, 9.17) is 4.74 Å². The molecule has 1 N–H and O–H groups in total. The molecule has 106 valence electrons. The van der Waals surface area contributed by atoms with E-state index in [-0.39, 0.29) is 4.90 Å². The SMILES string of the molecule is COc1ccc(S(=O)(=O)Nc2cc(C)ccc2C)cc1. The van der Waals surface area contributed by atoms with Gasteiger partial charge in [0.15, 0.2) is 0 Å². The van der Waals surface area contributed by atoms with Gasteiger partial charge in [-0.25, -0.2) is 8.42 Å². The Morgan fingerprint density at radius 1 is 1.00 bits per heavy atom. The Morgan fingerprint density at radius 2 is 1.65 bits per heavy atom. The molecule has 0 atom stereocenters. The minimum Gasteiger partial charge on any atom is -0.497 e. The summed E-state index contributed by atoms with van der Waals surface area (Å²) in [4.78, 5) is 0.208. The lowest BCUT2D eigenvalue weighted by atomic mass is 10.1. The molecule has 0 saturated carbocycles. The second kappa shape index (κ2) is 5.54. The highest BCUT2D eigenvalue weighted by molar-refractivity contribution is 7.92. The molecule has 0 radical (unpaired) electrons. The summed E-state index contributed by atoms with van der Waals surface area (Å²) in [5.41, 5.74) is 2.48. The molecule has 0 aliphatic rings. The van der Waals surface area contributed by atoms with Crippen LogP contribution in [0.5, 0.6) is 5.75 Å². The predicted molar refractivity (Wildman–Crippen MR) is 79.7 cm³/mol. The molecular weight excluding hydrogens is 274 g/mol. The molecule has 0 aliphatic heterocycles. The first kappa shape index (κ1) is 14.4. The molecule has 0 aromatic heterocycles. The highest BCUT2D eigenvalue weighted by atomic mass is 32.2. The van der Waals surface area contributed by atoms with Crippen molar-refractivity contribution in [1.82, 2.24) is 0 Å². The van der Waals surface area contributed by atoms with Crippen LogP contribution in [-0.2, 0) is 10.0 Å². The van der Waals surface area contributed by atoms with E-state index in [0.29, 0.717) is 11.4 Å². The number of nitrogens with one attached hydrogen (secondary N) is 1. The number of sulfonamides is 1. The van der Waals surface area contributed by atoms with Crippen LogP contribution in [0.2, 0.25) is 0 Å². The molecule has 2 rings (SSSR count). The van der Waals surface area contributed by atoms with Crippen LogP contribution in [0, 0.1) is 13.8 Å². The first-order valence-electron chi connectivity index (χ1n) is 6.16. The number of ether oxygens (including phenoxy) is 1. The molecule has 5 heteroatoms. The van der Waals surface area contributed by atoms with Gasteiger partial charge < -0.3 is 4.74 Å². The van der Waals surface area contributed by atoms with E-state index < -0.39 is 10.0 Å². The standard InChI is InChI=1S/C15H17NO3S/c1-11-4-5-12(2)15(10-11)16-20(17,18)14-8-6-13(19-3)7-9-14/h4-10,16H,1-3H3. The van der Waals surface area contributed by atoms with Gasteiger partial charge >= 0.3 is 0 Å². The zero-order chi connectivity index (χ0) is 14.8. The second-order valence-electron chi connectivity index (χ2n) is 4.60. The van der Waals surface area contributed by atoms with Gasteiger partial charge in [-0.05, 0) is 55.3 Å². The molecule has 0 aliphatic carbocycles. The summed E-state index contributed by atoms with van der Waals surface area (Å²) in [6, 6.07) is 11.9. The lowest BCUT2D eigenvalue weighted by Crippen LogP contribution is -2.13. The first-order valence-corrected chi connectivity index (χ1v) is 7.65. The Morgan fingerprint density at radius 3 is 2.25 bits per heavy atom. The summed E-state index contributed by atoms with van der Waals surface area (Å²) < 4.78 is 32.3. The zero-order valence-corrected chi connectivity index (χ0v) is 12.5.